The maximum Gasteiger partial charge on any atom is 0.337 e. The number of carbonyl (C=O) groups excluding carboxylic acids is 2. The van der Waals surface area contributed by atoms with Crippen molar-refractivity contribution in [3.63, 3.8) is 0 Å². The zero-order valence-corrected chi connectivity index (χ0v) is 16.6. The molecule has 4 N–H and O–H groups in total. The number of fused-ring (bicyclic) bond motifs is 1. The molecule has 150 valence electrons. The molecule has 4 rings (SSSR count). The number of benzene rings is 3. The number of nitrogens with one attached hydrogen (secondary N) is 3. The number of thiophene rings is 1. The Morgan fingerprint density at radius 1 is 0.767 bits per heavy atom. The molecule has 0 spiro atoms. The van der Waals surface area contributed by atoms with Crippen LogP contribution in [0, 0.1) is 0 Å². The van der Waals surface area contributed by atoms with Crippen molar-refractivity contribution < 1.29 is 14.7 Å². The quantitative estimate of drug-likeness (QED) is 0.379. The van der Waals surface area contributed by atoms with Crippen molar-refractivity contribution in [3.8, 4) is 0 Å². The van der Waals surface area contributed by atoms with Gasteiger partial charge in [-0.1, -0.05) is 78.9 Å². The van der Waals surface area contributed by atoms with Crippen LogP contribution in [-0.2, 0) is 10.4 Å². The summed E-state index contributed by atoms with van der Waals surface area (Å²) >= 11 is 1.51. The number of carbonyl (C=O) groups is 2. The Labute approximate surface area is 177 Å². The predicted molar refractivity (Wildman–Crippen MR) is 118 cm³/mol. The first kappa shape index (κ1) is 19.6. The highest BCUT2D eigenvalue weighted by Gasteiger charge is 2.40. The van der Waals surface area contributed by atoms with Gasteiger partial charge in [-0.2, -0.15) is 0 Å². The van der Waals surface area contributed by atoms with E-state index >= 15 is 0 Å². The van der Waals surface area contributed by atoms with E-state index in [1.54, 1.807) is 60.7 Å². The minimum Gasteiger partial charge on any atom is -0.372 e. The number of hydrogen-bond acceptors (Lipinski definition) is 4. The normalized spacial score (nSPS) is 11.1. The Hall–Kier alpha value is -3.68. The van der Waals surface area contributed by atoms with Gasteiger partial charge in [0.15, 0.2) is 5.60 Å². The number of rotatable bonds is 4. The van der Waals surface area contributed by atoms with E-state index in [0.717, 1.165) is 10.1 Å². The van der Waals surface area contributed by atoms with E-state index in [2.05, 4.69) is 16.2 Å². The molecule has 0 aliphatic rings. The summed E-state index contributed by atoms with van der Waals surface area (Å²) in [5.74, 6) is -0.773. The molecule has 0 fully saturated rings. The fourth-order valence-corrected chi connectivity index (χ4v) is 4.11. The second-order valence-corrected chi connectivity index (χ2v) is 7.53. The summed E-state index contributed by atoms with van der Waals surface area (Å²) < 4.78 is 1.04. The Kier molecular flexibility index (Phi) is 5.47. The second-order valence-electron chi connectivity index (χ2n) is 6.62. The summed E-state index contributed by atoms with van der Waals surface area (Å²) in [5.41, 5.74) is 4.11. The molecule has 4 aromatic rings. The van der Waals surface area contributed by atoms with E-state index in [0.29, 0.717) is 16.8 Å². The van der Waals surface area contributed by atoms with Crippen molar-refractivity contribution in [2.45, 2.75) is 5.60 Å². The van der Waals surface area contributed by atoms with Crippen molar-refractivity contribution in [2.24, 2.45) is 0 Å². The number of urea groups is 1. The van der Waals surface area contributed by atoms with Gasteiger partial charge in [-0.25, -0.2) is 10.2 Å². The SMILES string of the molecule is O=C(NNC(=O)C(O)(c1ccccc1)c1ccccc1)Nc1csc2ccccc12. The fourth-order valence-electron chi connectivity index (χ4n) is 3.22. The first-order chi connectivity index (χ1) is 14.6. The van der Waals surface area contributed by atoms with Crippen LogP contribution in [0.25, 0.3) is 10.1 Å². The van der Waals surface area contributed by atoms with E-state index in [1.807, 2.05) is 29.6 Å². The molecule has 1 aromatic heterocycles. The molecule has 7 heteroatoms. The van der Waals surface area contributed by atoms with Crippen LogP contribution >= 0.6 is 11.3 Å². The summed E-state index contributed by atoms with van der Waals surface area (Å²) in [5, 5.41) is 16.8. The van der Waals surface area contributed by atoms with Gasteiger partial charge in [0, 0.05) is 15.5 Å². The molecule has 0 atom stereocenters. The Balaban J connectivity index is 1.51. The van der Waals surface area contributed by atoms with E-state index in [-0.39, 0.29) is 0 Å². The number of anilines is 1. The summed E-state index contributed by atoms with van der Waals surface area (Å²) in [4.78, 5) is 25.3. The molecule has 3 aromatic carbocycles. The molecule has 0 saturated heterocycles. The number of amides is 3. The maximum atomic E-state index is 13.0. The molecular formula is C23H19N3O3S. The smallest absolute Gasteiger partial charge is 0.337 e. The van der Waals surface area contributed by atoms with Gasteiger partial charge in [0.25, 0.3) is 5.91 Å². The topological polar surface area (TPSA) is 90.5 Å². The van der Waals surface area contributed by atoms with Gasteiger partial charge in [0.05, 0.1) is 5.69 Å². The molecule has 0 saturated carbocycles. The minimum absolute atomic E-state index is 0.389. The number of hydrazine groups is 1. The van der Waals surface area contributed by atoms with Crippen molar-refractivity contribution in [1.82, 2.24) is 10.9 Å². The van der Waals surface area contributed by atoms with E-state index in [1.165, 1.54) is 11.3 Å². The largest absolute Gasteiger partial charge is 0.372 e. The van der Waals surface area contributed by atoms with Crippen molar-refractivity contribution in [1.29, 1.82) is 0 Å². The van der Waals surface area contributed by atoms with Gasteiger partial charge < -0.3 is 10.4 Å². The lowest BCUT2D eigenvalue weighted by Gasteiger charge is -2.28. The van der Waals surface area contributed by atoms with Crippen LogP contribution in [-0.4, -0.2) is 17.0 Å². The van der Waals surface area contributed by atoms with Crippen molar-refractivity contribution in [2.75, 3.05) is 5.32 Å². The standard InChI is InChI=1S/C23H19N3O3S/c27-21(23(29,16-9-3-1-4-10-16)17-11-5-2-6-12-17)25-26-22(28)24-19-15-30-20-14-8-7-13-18(19)20/h1-15,29H,(H,25,27)(H2,24,26,28). The molecule has 3 amide bonds. The molecule has 1 heterocycles. The fraction of sp³-hybridized carbons (Fsp3) is 0.0435. The third-order valence-corrected chi connectivity index (χ3v) is 5.69. The molecule has 30 heavy (non-hydrogen) atoms. The first-order valence-electron chi connectivity index (χ1n) is 9.26. The molecular weight excluding hydrogens is 398 g/mol. The van der Waals surface area contributed by atoms with Gasteiger partial charge in [0.2, 0.25) is 0 Å². The first-order valence-corrected chi connectivity index (χ1v) is 10.1. The van der Waals surface area contributed by atoms with Gasteiger partial charge in [-0.15, -0.1) is 11.3 Å². The zero-order valence-electron chi connectivity index (χ0n) is 15.8. The summed E-state index contributed by atoms with van der Waals surface area (Å²) in [6.45, 7) is 0. The Morgan fingerprint density at radius 2 is 1.33 bits per heavy atom. The van der Waals surface area contributed by atoms with Crippen molar-refractivity contribution >= 4 is 39.0 Å². The Morgan fingerprint density at radius 3 is 1.97 bits per heavy atom. The van der Waals surface area contributed by atoms with E-state index < -0.39 is 17.5 Å². The zero-order chi connectivity index (χ0) is 21.0. The number of aliphatic hydroxyl groups is 1. The van der Waals surface area contributed by atoms with Crippen LogP contribution in [0.15, 0.2) is 90.3 Å². The number of hydrogen-bond donors (Lipinski definition) is 4. The van der Waals surface area contributed by atoms with Gasteiger partial charge in [-0.3, -0.25) is 10.2 Å². The van der Waals surface area contributed by atoms with Crippen LogP contribution in [0.4, 0.5) is 10.5 Å². The average Bonchev–Trinajstić information content (AvgIpc) is 3.21. The van der Waals surface area contributed by atoms with Crippen LogP contribution in [0.5, 0.6) is 0 Å². The highest BCUT2D eigenvalue weighted by Crippen LogP contribution is 2.30. The molecule has 6 nitrogen and oxygen atoms in total. The molecule has 0 bridgehead atoms. The van der Waals surface area contributed by atoms with Crippen LogP contribution in [0.1, 0.15) is 11.1 Å². The summed E-state index contributed by atoms with van der Waals surface area (Å²) in [7, 11) is 0. The van der Waals surface area contributed by atoms with Gasteiger partial charge >= 0.3 is 6.03 Å². The predicted octanol–water partition coefficient (Wildman–Crippen LogP) is 3.99. The highest BCUT2D eigenvalue weighted by atomic mass is 32.1. The van der Waals surface area contributed by atoms with Crippen LogP contribution in [0.3, 0.4) is 0 Å². The van der Waals surface area contributed by atoms with Crippen LogP contribution in [0.2, 0.25) is 0 Å². The lowest BCUT2D eigenvalue weighted by atomic mass is 9.85. The monoisotopic (exact) mass is 417 g/mol. The molecule has 0 radical (unpaired) electrons. The summed E-state index contributed by atoms with van der Waals surface area (Å²) in [6.07, 6.45) is 0. The van der Waals surface area contributed by atoms with Crippen molar-refractivity contribution in [3.05, 3.63) is 101 Å². The van der Waals surface area contributed by atoms with Crippen LogP contribution < -0.4 is 16.2 Å². The molecule has 0 aliphatic carbocycles. The van der Waals surface area contributed by atoms with E-state index in [4.69, 9.17) is 0 Å². The second kappa shape index (κ2) is 8.36. The lowest BCUT2D eigenvalue weighted by Crippen LogP contribution is -2.53. The lowest BCUT2D eigenvalue weighted by molar-refractivity contribution is -0.137. The van der Waals surface area contributed by atoms with Gasteiger partial charge in [0.1, 0.15) is 0 Å². The van der Waals surface area contributed by atoms with Gasteiger partial charge in [-0.05, 0) is 17.2 Å². The average molecular weight is 417 g/mol. The summed E-state index contributed by atoms with van der Waals surface area (Å²) in [6, 6.07) is 24.2. The minimum atomic E-state index is -1.97. The maximum absolute atomic E-state index is 13.0. The Bertz CT molecular complexity index is 1140. The molecule has 0 aliphatic heterocycles. The highest BCUT2D eigenvalue weighted by molar-refractivity contribution is 7.17. The third kappa shape index (κ3) is 3.76. The molecule has 0 unspecified atom stereocenters. The third-order valence-electron chi connectivity index (χ3n) is 4.73. The van der Waals surface area contributed by atoms with E-state index in [9.17, 15) is 14.7 Å².